The zero-order valence-corrected chi connectivity index (χ0v) is 9.72. The highest BCUT2D eigenvalue weighted by atomic mass is 19.4. The van der Waals surface area contributed by atoms with Gasteiger partial charge in [-0.05, 0) is 17.7 Å². The van der Waals surface area contributed by atoms with E-state index in [-0.39, 0.29) is 18.1 Å². The molecule has 0 amide bonds. The number of hydrogen-bond donors (Lipinski definition) is 4. The van der Waals surface area contributed by atoms with Crippen LogP contribution in [0.15, 0.2) is 23.5 Å². The van der Waals surface area contributed by atoms with Gasteiger partial charge < -0.3 is 21.4 Å². The summed E-state index contributed by atoms with van der Waals surface area (Å²) in [4.78, 5) is 3.82. The molecule has 0 saturated carbocycles. The van der Waals surface area contributed by atoms with Crippen molar-refractivity contribution < 1.29 is 23.5 Å². The van der Waals surface area contributed by atoms with E-state index in [1.54, 1.807) is 6.07 Å². The van der Waals surface area contributed by atoms with Crippen molar-refractivity contribution in [3.05, 3.63) is 29.6 Å². The van der Waals surface area contributed by atoms with Gasteiger partial charge in [-0.25, -0.2) is 0 Å². The van der Waals surface area contributed by atoms with Gasteiger partial charge in [0.25, 0.3) is 0 Å². The lowest BCUT2D eigenvalue weighted by Gasteiger charge is -2.15. The highest BCUT2D eigenvalue weighted by molar-refractivity contribution is 5.95. The van der Waals surface area contributed by atoms with Crippen LogP contribution in [0.3, 0.4) is 0 Å². The van der Waals surface area contributed by atoms with Gasteiger partial charge in [-0.3, -0.25) is 4.98 Å². The zero-order valence-electron chi connectivity index (χ0n) is 9.72. The van der Waals surface area contributed by atoms with E-state index in [1.165, 1.54) is 12.3 Å². The van der Waals surface area contributed by atoms with Crippen LogP contribution in [0, 0.1) is 0 Å². The molecule has 106 valence electrons. The van der Waals surface area contributed by atoms with Gasteiger partial charge >= 0.3 is 6.18 Å². The van der Waals surface area contributed by atoms with Gasteiger partial charge in [0.15, 0.2) is 11.9 Å². The molecule has 1 atom stereocenters. The van der Waals surface area contributed by atoms with Crippen molar-refractivity contribution in [2.45, 2.75) is 18.8 Å². The van der Waals surface area contributed by atoms with Crippen LogP contribution in [0.1, 0.15) is 11.3 Å². The number of pyridine rings is 1. The van der Waals surface area contributed by atoms with Crippen LogP contribution in [-0.2, 0) is 6.54 Å². The van der Waals surface area contributed by atoms with Crippen LogP contribution in [0.5, 0.6) is 0 Å². The molecule has 1 aromatic rings. The van der Waals surface area contributed by atoms with E-state index in [9.17, 15) is 13.2 Å². The first-order valence-corrected chi connectivity index (χ1v) is 5.23. The molecule has 1 aromatic heterocycles. The molecule has 0 aliphatic heterocycles. The van der Waals surface area contributed by atoms with Crippen LogP contribution >= 0.6 is 0 Å². The number of oxime groups is 1. The largest absolute Gasteiger partial charge is 0.415 e. The zero-order chi connectivity index (χ0) is 14.5. The van der Waals surface area contributed by atoms with Crippen molar-refractivity contribution in [1.29, 1.82) is 0 Å². The number of aliphatic hydroxyl groups excluding tert-OH is 1. The Morgan fingerprint density at radius 1 is 1.53 bits per heavy atom. The fourth-order valence-corrected chi connectivity index (χ4v) is 1.24. The summed E-state index contributed by atoms with van der Waals surface area (Å²) in [5.74, 6) is -0.197. The Balaban J connectivity index is 2.55. The average molecular weight is 278 g/mol. The van der Waals surface area contributed by atoms with Crippen molar-refractivity contribution in [3.8, 4) is 0 Å². The topological polar surface area (TPSA) is 104 Å². The van der Waals surface area contributed by atoms with Gasteiger partial charge in [0, 0.05) is 19.3 Å². The number of halogens is 3. The first-order chi connectivity index (χ1) is 8.84. The molecule has 0 aliphatic carbocycles. The predicted octanol–water partition coefficient (Wildman–Crippen LogP) is 0.189. The molecule has 6 nitrogen and oxygen atoms in total. The van der Waals surface area contributed by atoms with Gasteiger partial charge in [-0.15, -0.1) is 0 Å². The Kier molecular flexibility index (Phi) is 5.07. The van der Waals surface area contributed by atoms with E-state index >= 15 is 0 Å². The predicted molar refractivity (Wildman–Crippen MR) is 60.5 cm³/mol. The van der Waals surface area contributed by atoms with E-state index < -0.39 is 18.8 Å². The Bertz CT molecular complexity index is 451. The molecule has 0 saturated heterocycles. The minimum Gasteiger partial charge on any atom is -0.409 e. The van der Waals surface area contributed by atoms with Crippen LogP contribution in [0.4, 0.5) is 13.2 Å². The lowest BCUT2D eigenvalue weighted by atomic mass is 10.2. The SMILES string of the molecule is N/C(=N/O)c1cc(CNCC(O)C(F)(F)F)ccn1. The maximum Gasteiger partial charge on any atom is 0.415 e. The first kappa shape index (κ1) is 15.2. The van der Waals surface area contributed by atoms with E-state index in [2.05, 4.69) is 15.5 Å². The van der Waals surface area contributed by atoms with Crippen molar-refractivity contribution in [3.63, 3.8) is 0 Å². The van der Waals surface area contributed by atoms with Crippen LogP contribution in [0.25, 0.3) is 0 Å². The van der Waals surface area contributed by atoms with Gasteiger partial charge in [0.05, 0.1) is 0 Å². The molecule has 1 unspecified atom stereocenters. The molecule has 0 radical (unpaired) electrons. The van der Waals surface area contributed by atoms with Crippen molar-refractivity contribution in [2.24, 2.45) is 10.9 Å². The minimum atomic E-state index is -4.65. The normalized spacial score (nSPS) is 14.4. The molecule has 19 heavy (non-hydrogen) atoms. The summed E-state index contributed by atoms with van der Waals surface area (Å²) >= 11 is 0. The maximum atomic E-state index is 12.0. The third kappa shape index (κ3) is 4.72. The summed E-state index contributed by atoms with van der Waals surface area (Å²) in [5.41, 5.74) is 6.12. The number of aromatic nitrogens is 1. The number of nitrogens with one attached hydrogen (secondary N) is 1. The molecule has 5 N–H and O–H groups in total. The van der Waals surface area contributed by atoms with Crippen molar-refractivity contribution in [2.75, 3.05) is 6.54 Å². The quantitative estimate of drug-likeness (QED) is 0.266. The number of rotatable bonds is 5. The molecule has 0 fully saturated rings. The fourth-order valence-electron chi connectivity index (χ4n) is 1.24. The number of nitrogens with zero attached hydrogens (tertiary/aromatic N) is 2. The lowest BCUT2D eigenvalue weighted by molar-refractivity contribution is -0.201. The fraction of sp³-hybridized carbons (Fsp3) is 0.400. The maximum absolute atomic E-state index is 12.0. The van der Waals surface area contributed by atoms with Crippen LogP contribution in [-0.4, -0.2) is 40.0 Å². The first-order valence-electron chi connectivity index (χ1n) is 5.23. The summed E-state index contributed by atoms with van der Waals surface area (Å²) in [7, 11) is 0. The molecule has 0 aromatic carbocycles. The Hall–Kier alpha value is -1.87. The van der Waals surface area contributed by atoms with E-state index in [0.717, 1.165) is 0 Å². The molecule has 9 heteroatoms. The Morgan fingerprint density at radius 3 is 2.79 bits per heavy atom. The van der Waals surface area contributed by atoms with Crippen LogP contribution < -0.4 is 11.1 Å². The van der Waals surface area contributed by atoms with Gasteiger partial charge in [0.1, 0.15) is 5.69 Å². The molecule has 0 spiro atoms. The van der Waals surface area contributed by atoms with Crippen molar-refractivity contribution >= 4 is 5.84 Å². The summed E-state index contributed by atoms with van der Waals surface area (Å²) in [6, 6.07) is 3.02. The highest BCUT2D eigenvalue weighted by Gasteiger charge is 2.37. The van der Waals surface area contributed by atoms with Crippen LogP contribution in [0.2, 0.25) is 0 Å². The highest BCUT2D eigenvalue weighted by Crippen LogP contribution is 2.19. The lowest BCUT2D eigenvalue weighted by Crippen LogP contribution is -2.38. The van der Waals surface area contributed by atoms with Gasteiger partial charge in [-0.1, -0.05) is 5.16 Å². The number of alkyl halides is 3. The second-order valence-electron chi connectivity index (χ2n) is 3.72. The molecule has 1 rings (SSSR count). The second kappa shape index (κ2) is 6.34. The number of amidine groups is 1. The third-order valence-corrected chi connectivity index (χ3v) is 2.24. The summed E-state index contributed by atoms with van der Waals surface area (Å²) in [6.07, 6.45) is -5.69. The van der Waals surface area contributed by atoms with Gasteiger partial charge in [0.2, 0.25) is 0 Å². The van der Waals surface area contributed by atoms with E-state index in [4.69, 9.17) is 16.0 Å². The number of nitrogens with two attached hydrogens (primary N) is 1. The number of aliphatic hydroxyl groups is 1. The summed E-state index contributed by atoms with van der Waals surface area (Å²) < 4.78 is 36.1. The summed E-state index contributed by atoms with van der Waals surface area (Å²) in [6.45, 7) is -0.536. The Labute approximate surface area is 106 Å². The molecular formula is C10H13F3N4O2. The standard InChI is InChI=1S/C10H13F3N4O2/c11-10(12,13)8(18)5-15-4-6-1-2-16-7(3-6)9(14)17-19/h1-3,8,15,18-19H,4-5H2,(H2,14,17). The van der Waals surface area contributed by atoms with Gasteiger partial charge in [-0.2, -0.15) is 13.2 Å². The van der Waals surface area contributed by atoms with E-state index in [0.29, 0.717) is 5.56 Å². The molecule has 1 heterocycles. The molecular weight excluding hydrogens is 265 g/mol. The smallest absolute Gasteiger partial charge is 0.409 e. The summed E-state index contributed by atoms with van der Waals surface area (Å²) in [5, 5.41) is 22.5. The number of hydrogen-bond acceptors (Lipinski definition) is 5. The monoisotopic (exact) mass is 278 g/mol. The second-order valence-corrected chi connectivity index (χ2v) is 3.72. The Morgan fingerprint density at radius 2 is 2.21 bits per heavy atom. The third-order valence-electron chi connectivity index (χ3n) is 2.24. The molecule has 0 bridgehead atoms. The molecule has 0 aliphatic rings. The minimum absolute atomic E-state index is 0.0847. The van der Waals surface area contributed by atoms with E-state index in [1.807, 2.05) is 0 Å². The average Bonchev–Trinajstić information content (AvgIpc) is 2.37. The van der Waals surface area contributed by atoms with Crippen molar-refractivity contribution in [1.82, 2.24) is 10.3 Å².